The molecule has 0 unspecified atom stereocenters. The van der Waals surface area contributed by atoms with Crippen molar-refractivity contribution in [2.24, 2.45) is 0 Å². The van der Waals surface area contributed by atoms with E-state index in [1.807, 2.05) is 24.3 Å². The summed E-state index contributed by atoms with van der Waals surface area (Å²) >= 11 is 0. The van der Waals surface area contributed by atoms with Gasteiger partial charge in [0.15, 0.2) is 0 Å². The average Bonchev–Trinajstić information content (AvgIpc) is 2.78. The van der Waals surface area contributed by atoms with Crippen LogP contribution in [-0.2, 0) is 4.79 Å². The minimum atomic E-state index is -0.533. The Morgan fingerprint density at radius 3 is 2.66 bits per heavy atom. The number of halogens is 1. The van der Waals surface area contributed by atoms with Crippen LogP contribution in [0, 0.1) is 17.7 Å². The van der Waals surface area contributed by atoms with E-state index in [9.17, 15) is 19.1 Å². The molecule has 166 valence electrons. The third kappa shape index (κ3) is 4.19. The molecule has 0 aromatic heterocycles. The second kappa shape index (κ2) is 9.41. The third-order valence-electron chi connectivity index (χ3n) is 6.06. The Morgan fingerprint density at radius 1 is 1.22 bits per heavy atom. The number of urea groups is 1. The van der Waals surface area contributed by atoms with Gasteiger partial charge in [0.25, 0.3) is 0 Å². The molecule has 3 atom stereocenters. The number of fused-ring (bicyclic) bond motifs is 1. The average molecular weight is 435 g/mol. The molecule has 2 N–H and O–H groups in total. The SMILES string of the molecule is CCCC#Cc1ccc([C@@H]2[C@@H](CO)N3C(=O)CN(C(=O)Nc4ccccc4F)C[C@H]23)cc1. The van der Waals surface area contributed by atoms with Crippen LogP contribution in [-0.4, -0.2) is 58.6 Å². The first-order valence-corrected chi connectivity index (χ1v) is 10.8. The van der Waals surface area contributed by atoms with Gasteiger partial charge in [0.1, 0.15) is 12.4 Å². The number of para-hydroxylation sites is 1. The third-order valence-corrected chi connectivity index (χ3v) is 6.06. The molecule has 32 heavy (non-hydrogen) atoms. The number of hydrogen-bond acceptors (Lipinski definition) is 3. The summed E-state index contributed by atoms with van der Waals surface area (Å²) in [5.41, 5.74) is 1.99. The molecule has 2 aromatic carbocycles. The highest BCUT2D eigenvalue weighted by Gasteiger charge is 2.54. The Hall–Kier alpha value is -3.37. The molecule has 0 radical (unpaired) electrons. The largest absolute Gasteiger partial charge is 0.394 e. The zero-order valence-corrected chi connectivity index (χ0v) is 17.9. The Balaban J connectivity index is 1.50. The number of carbonyl (C=O) groups is 2. The van der Waals surface area contributed by atoms with Gasteiger partial charge in [0.2, 0.25) is 5.91 Å². The number of rotatable bonds is 4. The molecule has 6 nitrogen and oxygen atoms in total. The van der Waals surface area contributed by atoms with Gasteiger partial charge in [0, 0.05) is 24.4 Å². The highest BCUT2D eigenvalue weighted by atomic mass is 19.1. The van der Waals surface area contributed by atoms with Gasteiger partial charge in [-0.2, -0.15) is 0 Å². The van der Waals surface area contributed by atoms with Gasteiger partial charge in [-0.05, 0) is 36.2 Å². The van der Waals surface area contributed by atoms with E-state index in [4.69, 9.17) is 0 Å². The van der Waals surface area contributed by atoms with Gasteiger partial charge in [-0.25, -0.2) is 9.18 Å². The van der Waals surface area contributed by atoms with Crippen molar-refractivity contribution in [1.82, 2.24) is 9.80 Å². The molecule has 7 heteroatoms. The lowest BCUT2D eigenvalue weighted by Crippen LogP contribution is -2.73. The fourth-order valence-electron chi connectivity index (χ4n) is 4.49. The van der Waals surface area contributed by atoms with E-state index in [0.29, 0.717) is 6.54 Å². The van der Waals surface area contributed by atoms with Gasteiger partial charge in [0.05, 0.1) is 24.4 Å². The van der Waals surface area contributed by atoms with Crippen LogP contribution in [0.4, 0.5) is 14.9 Å². The van der Waals surface area contributed by atoms with Crippen LogP contribution in [0.25, 0.3) is 0 Å². The summed E-state index contributed by atoms with van der Waals surface area (Å²) in [6.45, 7) is 2.14. The van der Waals surface area contributed by atoms with Crippen LogP contribution in [0.15, 0.2) is 48.5 Å². The topological polar surface area (TPSA) is 72.9 Å². The lowest BCUT2D eigenvalue weighted by molar-refractivity contribution is -0.159. The molecule has 2 aromatic rings. The Bertz CT molecular complexity index is 1060. The predicted octanol–water partition coefficient (Wildman–Crippen LogP) is 3.18. The van der Waals surface area contributed by atoms with Crippen LogP contribution < -0.4 is 5.32 Å². The van der Waals surface area contributed by atoms with Gasteiger partial charge in [-0.1, -0.05) is 43.0 Å². The van der Waals surface area contributed by atoms with E-state index in [1.165, 1.54) is 17.0 Å². The van der Waals surface area contributed by atoms with Crippen LogP contribution in [0.5, 0.6) is 0 Å². The quantitative estimate of drug-likeness (QED) is 0.725. The van der Waals surface area contributed by atoms with Crippen molar-refractivity contribution in [1.29, 1.82) is 0 Å². The van der Waals surface area contributed by atoms with Gasteiger partial charge < -0.3 is 20.2 Å². The lowest BCUT2D eigenvalue weighted by Gasteiger charge is -2.58. The molecule has 0 spiro atoms. The summed E-state index contributed by atoms with van der Waals surface area (Å²) < 4.78 is 13.9. The van der Waals surface area contributed by atoms with Crippen molar-refractivity contribution < 1.29 is 19.1 Å². The van der Waals surface area contributed by atoms with Gasteiger partial charge in [-0.3, -0.25) is 4.79 Å². The minimum Gasteiger partial charge on any atom is -0.394 e. The smallest absolute Gasteiger partial charge is 0.322 e. The van der Waals surface area contributed by atoms with Crippen molar-refractivity contribution in [3.05, 3.63) is 65.5 Å². The van der Waals surface area contributed by atoms with Crippen LogP contribution in [0.1, 0.15) is 36.8 Å². The maximum Gasteiger partial charge on any atom is 0.322 e. The minimum absolute atomic E-state index is 0.0746. The summed E-state index contributed by atoms with van der Waals surface area (Å²) in [6, 6.07) is 12.7. The number of nitrogens with zero attached hydrogens (tertiary/aromatic N) is 2. The van der Waals surface area contributed by atoms with Crippen LogP contribution in [0.2, 0.25) is 0 Å². The number of nitrogens with one attached hydrogen (secondary N) is 1. The molecule has 2 aliphatic heterocycles. The molecule has 2 fully saturated rings. The fourth-order valence-corrected chi connectivity index (χ4v) is 4.49. The number of carbonyl (C=O) groups excluding carboxylic acids is 2. The number of piperazine rings is 1. The van der Waals surface area contributed by atoms with E-state index >= 15 is 0 Å². The Kier molecular flexibility index (Phi) is 6.42. The summed E-state index contributed by atoms with van der Waals surface area (Å²) in [5, 5.41) is 12.5. The summed E-state index contributed by atoms with van der Waals surface area (Å²) in [6.07, 6.45) is 1.86. The highest BCUT2D eigenvalue weighted by Crippen LogP contribution is 2.43. The first-order valence-electron chi connectivity index (χ1n) is 10.8. The molecule has 0 aliphatic carbocycles. The lowest BCUT2D eigenvalue weighted by atomic mass is 9.73. The molecular formula is C25H26FN3O3. The number of unbranched alkanes of at least 4 members (excludes halogenated alkanes) is 1. The summed E-state index contributed by atoms with van der Waals surface area (Å²) in [5.74, 6) is 5.41. The van der Waals surface area contributed by atoms with Gasteiger partial charge in [-0.15, -0.1) is 0 Å². The van der Waals surface area contributed by atoms with E-state index < -0.39 is 11.8 Å². The van der Waals surface area contributed by atoms with E-state index in [2.05, 4.69) is 24.1 Å². The number of aliphatic hydroxyl groups is 1. The maximum absolute atomic E-state index is 13.9. The molecule has 0 saturated carbocycles. The number of benzene rings is 2. The van der Waals surface area contributed by atoms with Crippen molar-refractivity contribution in [2.45, 2.75) is 37.8 Å². The predicted molar refractivity (Wildman–Crippen MR) is 119 cm³/mol. The number of anilines is 1. The normalized spacial score (nSPS) is 21.8. The number of aliphatic hydroxyl groups excluding tert-OH is 1. The Morgan fingerprint density at radius 2 is 1.97 bits per heavy atom. The number of amides is 3. The van der Waals surface area contributed by atoms with Crippen molar-refractivity contribution in [2.75, 3.05) is 25.0 Å². The molecule has 0 bridgehead atoms. The standard InChI is InChI=1S/C25H26FN3O3/c1-2-3-4-7-17-10-12-18(13-11-17)24-21-14-28(15-23(31)29(21)22(24)16-30)25(32)27-20-9-6-5-8-19(20)26/h5-6,8-13,21-22,24,30H,2-3,14-16H2,1H3,(H,27,32)/t21-,22-,24+/m1/s1. The molecule has 2 saturated heterocycles. The number of hydrogen-bond donors (Lipinski definition) is 2. The molecule has 2 heterocycles. The van der Waals surface area contributed by atoms with Crippen molar-refractivity contribution >= 4 is 17.6 Å². The molecule has 4 rings (SSSR count). The van der Waals surface area contributed by atoms with Gasteiger partial charge >= 0.3 is 6.03 Å². The van der Waals surface area contributed by atoms with E-state index in [-0.39, 0.29) is 42.7 Å². The first kappa shape index (κ1) is 21.8. The first-order chi connectivity index (χ1) is 15.5. The van der Waals surface area contributed by atoms with E-state index in [0.717, 1.165) is 24.0 Å². The van der Waals surface area contributed by atoms with Crippen molar-refractivity contribution in [3.8, 4) is 11.8 Å². The van der Waals surface area contributed by atoms with Crippen LogP contribution >= 0.6 is 0 Å². The second-order valence-electron chi connectivity index (χ2n) is 8.11. The zero-order chi connectivity index (χ0) is 22.7. The molecule has 3 amide bonds. The molecular weight excluding hydrogens is 409 g/mol. The Labute approximate surface area is 187 Å². The molecule has 2 aliphatic rings. The highest BCUT2D eigenvalue weighted by molar-refractivity contribution is 5.93. The summed E-state index contributed by atoms with van der Waals surface area (Å²) in [7, 11) is 0. The second-order valence-corrected chi connectivity index (χ2v) is 8.11. The summed E-state index contributed by atoms with van der Waals surface area (Å²) in [4.78, 5) is 28.5. The maximum atomic E-state index is 13.9. The van der Waals surface area contributed by atoms with Crippen LogP contribution in [0.3, 0.4) is 0 Å². The van der Waals surface area contributed by atoms with E-state index in [1.54, 1.807) is 17.0 Å². The zero-order valence-electron chi connectivity index (χ0n) is 17.9. The monoisotopic (exact) mass is 435 g/mol. The van der Waals surface area contributed by atoms with Crippen molar-refractivity contribution in [3.63, 3.8) is 0 Å². The fraction of sp³-hybridized carbons (Fsp3) is 0.360.